The van der Waals surface area contributed by atoms with Crippen LogP contribution in [0.25, 0.3) is 11.4 Å². The van der Waals surface area contributed by atoms with Crippen molar-refractivity contribution >= 4 is 40.9 Å². The van der Waals surface area contributed by atoms with Crippen LogP contribution in [0.2, 0.25) is 10.0 Å². The second kappa shape index (κ2) is 8.21. The number of hydrogen-bond acceptors (Lipinski definition) is 5. The van der Waals surface area contributed by atoms with Crippen molar-refractivity contribution in [1.29, 1.82) is 0 Å². The minimum absolute atomic E-state index is 0.0727. The van der Waals surface area contributed by atoms with Gasteiger partial charge in [-0.15, -0.1) is 10.2 Å². The van der Waals surface area contributed by atoms with Gasteiger partial charge in [0.2, 0.25) is 11.1 Å². The molecule has 0 saturated carbocycles. The molecule has 0 aliphatic rings. The predicted octanol–water partition coefficient (Wildman–Crippen LogP) is 3.89. The van der Waals surface area contributed by atoms with E-state index in [1.54, 1.807) is 32.3 Å². The number of amides is 1. The lowest BCUT2D eigenvalue weighted by atomic mass is 10.1. The van der Waals surface area contributed by atoms with E-state index in [2.05, 4.69) is 10.2 Å². The fourth-order valence-electron chi connectivity index (χ4n) is 2.44. The van der Waals surface area contributed by atoms with Gasteiger partial charge in [-0.1, -0.05) is 65.3 Å². The first-order chi connectivity index (χ1) is 12.9. The van der Waals surface area contributed by atoms with Crippen LogP contribution >= 0.6 is 35.0 Å². The number of nitrogen functional groups attached to an aromatic ring is 1. The van der Waals surface area contributed by atoms with Crippen molar-refractivity contribution in [3.63, 3.8) is 0 Å². The highest BCUT2D eigenvalue weighted by molar-refractivity contribution is 8.00. The summed E-state index contributed by atoms with van der Waals surface area (Å²) in [7, 11) is 3.42. The first-order valence-electron chi connectivity index (χ1n) is 7.97. The van der Waals surface area contributed by atoms with Gasteiger partial charge in [0.05, 0.1) is 5.02 Å². The van der Waals surface area contributed by atoms with Gasteiger partial charge in [0.1, 0.15) is 5.25 Å². The monoisotopic (exact) mass is 421 g/mol. The minimum atomic E-state index is -0.504. The standard InChI is InChI=1S/C18H17Cl2N5OS/c1-24(2)17(26)15(11-6-4-3-5-7-11)27-18-23-22-16(25(18)21)13-10-12(19)8-9-14(13)20/h3-10,15H,21H2,1-2H3. The zero-order chi connectivity index (χ0) is 19.6. The molecule has 1 unspecified atom stereocenters. The summed E-state index contributed by atoms with van der Waals surface area (Å²) in [5.74, 6) is 6.50. The van der Waals surface area contributed by atoms with E-state index in [4.69, 9.17) is 29.0 Å². The molecule has 3 aromatic rings. The number of rotatable bonds is 5. The van der Waals surface area contributed by atoms with Crippen LogP contribution in [0.5, 0.6) is 0 Å². The third-order valence-corrected chi connectivity index (χ3v) is 5.59. The lowest BCUT2D eigenvalue weighted by Gasteiger charge is -2.20. The Morgan fingerprint density at radius 3 is 2.52 bits per heavy atom. The minimum Gasteiger partial charge on any atom is -0.348 e. The van der Waals surface area contributed by atoms with Crippen LogP contribution in [-0.2, 0) is 4.79 Å². The van der Waals surface area contributed by atoms with Gasteiger partial charge in [-0.2, -0.15) is 0 Å². The smallest absolute Gasteiger partial charge is 0.240 e. The third kappa shape index (κ3) is 4.21. The molecule has 0 saturated heterocycles. The van der Waals surface area contributed by atoms with E-state index in [0.29, 0.717) is 26.6 Å². The molecule has 27 heavy (non-hydrogen) atoms. The Labute approximate surface area is 171 Å². The summed E-state index contributed by atoms with van der Waals surface area (Å²) in [5, 5.41) is 9.14. The summed E-state index contributed by atoms with van der Waals surface area (Å²) in [6.07, 6.45) is 0. The summed E-state index contributed by atoms with van der Waals surface area (Å²) in [6, 6.07) is 14.5. The van der Waals surface area contributed by atoms with E-state index in [9.17, 15) is 4.79 Å². The van der Waals surface area contributed by atoms with Crippen LogP contribution in [0, 0.1) is 0 Å². The van der Waals surface area contributed by atoms with Crippen molar-refractivity contribution in [2.75, 3.05) is 19.9 Å². The van der Waals surface area contributed by atoms with E-state index in [1.807, 2.05) is 30.3 Å². The van der Waals surface area contributed by atoms with Crippen LogP contribution in [0.15, 0.2) is 53.7 Å². The number of halogens is 2. The largest absolute Gasteiger partial charge is 0.348 e. The number of aromatic nitrogens is 3. The summed E-state index contributed by atoms with van der Waals surface area (Å²) < 4.78 is 1.32. The lowest BCUT2D eigenvalue weighted by molar-refractivity contribution is -0.128. The fraction of sp³-hybridized carbons (Fsp3) is 0.167. The number of carbonyl (C=O) groups excluding carboxylic acids is 1. The molecule has 1 aromatic heterocycles. The summed E-state index contributed by atoms with van der Waals surface area (Å²) in [4.78, 5) is 14.2. The molecule has 3 rings (SSSR count). The molecule has 0 fully saturated rings. The van der Waals surface area contributed by atoms with Gasteiger partial charge in [0.25, 0.3) is 0 Å². The molecular weight excluding hydrogens is 405 g/mol. The van der Waals surface area contributed by atoms with Crippen LogP contribution < -0.4 is 5.84 Å². The quantitative estimate of drug-likeness (QED) is 0.499. The highest BCUT2D eigenvalue weighted by Crippen LogP contribution is 2.37. The van der Waals surface area contributed by atoms with Gasteiger partial charge in [-0.25, -0.2) is 4.68 Å². The number of hydrogen-bond donors (Lipinski definition) is 1. The van der Waals surface area contributed by atoms with Crippen LogP contribution in [-0.4, -0.2) is 39.8 Å². The molecule has 0 spiro atoms. The maximum absolute atomic E-state index is 12.7. The summed E-state index contributed by atoms with van der Waals surface area (Å²) >= 11 is 13.5. The average Bonchev–Trinajstić information content (AvgIpc) is 3.02. The Bertz CT molecular complexity index is 962. The van der Waals surface area contributed by atoms with Crippen molar-refractivity contribution in [2.24, 2.45) is 0 Å². The molecule has 0 radical (unpaired) electrons. The number of nitrogens with zero attached hydrogens (tertiary/aromatic N) is 4. The van der Waals surface area contributed by atoms with Crippen LogP contribution in [0.1, 0.15) is 10.8 Å². The highest BCUT2D eigenvalue weighted by atomic mass is 35.5. The van der Waals surface area contributed by atoms with Crippen molar-refractivity contribution in [3.8, 4) is 11.4 Å². The van der Waals surface area contributed by atoms with Gasteiger partial charge in [0, 0.05) is 24.7 Å². The first-order valence-corrected chi connectivity index (χ1v) is 9.60. The van der Waals surface area contributed by atoms with Crippen molar-refractivity contribution in [2.45, 2.75) is 10.4 Å². The second-order valence-electron chi connectivity index (χ2n) is 5.94. The molecule has 9 heteroatoms. The fourth-order valence-corrected chi connectivity index (χ4v) is 3.92. The zero-order valence-electron chi connectivity index (χ0n) is 14.6. The van der Waals surface area contributed by atoms with Crippen molar-refractivity contribution < 1.29 is 4.79 Å². The molecule has 1 amide bonds. The van der Waals surface area contributed by atoms with Crippen LogP contribution in [0.3, 0.4) is 0 Å². The average molecular weight is 422 g/mol. The maximum atomic E-state index is 12.7. The summed E-state index contributed by atoms with van der Waals surface area (Å²) in [5.41, 5.74) is 1.42. The molecule has 140 valence electrons. The zero-order valence-corrected chi connectivity index (χ0v) is 17.0. The second-order valence-corrected chi connectivity index (χ2v) is 7.86. The number of carbonyl (C=O) groups is 1. The van der Waals surface area contributed by atoms with Crippen molar-refractivity contribution in [3.05, 3.63) is 64.1 Å². The third-order valence-electron chi connectivity index (χ3n) is 3.82. The Balaban J connectivity index is 1.97. The van der Waals surface area contributed by atoms with Crippen molar-refractivity contribution in [1.82, 2.24) is 19.8 Å². The summed E-state index contributed by atoms with van der Waals surface area (Å²) in [6.45, 7) is 0. The first kappa shape index (κ1) is 19.5. The SMILES string of the molecule is CN(C)C(=O)C(Sc1nnc(-c2cc(Cl)ccc2Cl)n1N)c1ccccc1. The molecule has 0 aliphatic heterocycles. The highest BCUT2D eigenvalue weighted by Gasteiger charge is 2.27. The topological polar surface area (TPSA) is 77.0 Å². The van der Waals surface area contributed by atoms with Gasteiger partial charge >= 0.3 is 0 Å². The Morgan fingerprint density at radius 1 is 1.15 bits per heavy atom. The number of nitrogens with two attached hydrogens (primary N) is 1. The van der Waals surface area contributed by atoms with Gasteiger partial charge < -0.3 is 10.7 Å². The van der Waals surface area contributed by atoms with E-state index in [1.165, 1.54) is 21.3 Å². The normalized spacial score (nSPS) is 12.0. The molecule has 6 nitrogen and oxygen atoms in total. The van der Waals surface area contributed by atoms with Gasteiger partial charge in [-0.3, -0.25) is 4.79 Å². The Kier molecular flexibility index (Phi) is 5.94. The molecule has 2 aromatic carbocycles. The Hall–Kier alpha value is -2.22. The molecular formula is C18H17Cl2N5OS. The van der Waals surface area contributed by atoms with Gasteiger partial charge in [-0.05, 0) is 23.8 Å². The predicted molar refractivity (Wildman–Crippen MR) is 109 cm³/mol. The van der Waals surface area contributed by atoms with E-state index in [-0.39, 0.29) is 5.91 Å². The van der Waals surface area contributed by atoms with E-state index >= 15 is 0 Å². The Morgan fingerprint density at radius 2 is 1.85 bits per heavy atom. The molecule has 1 atom stereocenters. The molecule has 0 bridgehead atoms. The number of benzene rings is 2. The van der Waals surface area contributed by atoms with E-state index in [0.717, 1.165) is 5.56 Å². The van der Waals surface area contributed by atoms with Gasteiger partial charge in [0.15, 0.2) is 5.82 Å². The number of likely N-dealkylation sites (N-methyl/N-ethyl adjacent to an activating group) is 1. The van der Waals surface area contributed by atoms with E-state index < -0.39 is 5.25 Å². The maximum Gasteiger partial charge on any atom is 0.240 e. The molecule has 1 heterocycles. The lowest BCUT2D eigenvalue weighted by Crippen LogP contribution is -2.27. The molecule has 2 N–H and O–H groups in total. The molecule has 0 aliphatic carbocycles. The van der Waals surface area contributed by atoms with Crippen LogP contribution in [0.4, 0.5) is 0 Å². The number of thioether (sulfide) groups is 1.